The molecule has 4 aromatic rings. The van der Waals surface area contributed by atoms with Gasteiger partial charge in [0, 0.05) is 5.56 Å². The molecule has 4 rings (SSSR count). The highest BCUT2D eigenvalue weighted by Gasteiger charge is 2.14. The maximum Gasteiger partial charge on any atom is 0.284 e. The van der Waals surface area contributed by atoms with Crippen molar-refractivity contribution in [1.82, 2.24) is 20.0 Å². The van der Waals surface area contributed by atoms with Gasteiger partial charge in [-0.3, -0.25) is 0 Å². The van der Waals surface area contributed by atoms with Crippen molar-refractivity contribution in [2.45, 2.75) is 13.5 Å². The second kappa shape index (κ2) is 6.97. The molecule has 2 aromatic carbocycles. The molecule has 0 aliphatic heterocycles. The topological polar surface area (TPSA) is 68.9 Å². The number of ether oxygens (including phenoxy) is 1. The number of hydrogen-bond donors (Lipinski definition) is 1. The van der Waals surface area contributed by atoms with Gasteiger partial charge in [0.2, 0.25) is 0 Å². The van der Waals surface area contributed by atoms with E-state index in [4.69, 9.17) is 21.4 Å². The Morgan fingerprint density at radius 3 is 2.77 bits per heavy atom. The lowest BCUT2D eigenvalue weighted by Gasteiger charge is -2.13. The molecule has 7 heteroatoms. The minimum absolute atomic E-state index is 0.183. The third-order valence-corrected chi connectivity index (χ3v) is 4.06. The van der Waals surface area contributed by atoms with Crippen molar-refractivity contribution in [2.24, 2.45) is 0 Å². The fourth-order valence-electron chi connectivity index (χ4n) is 2.71. The molecule has 0 aliphatic carbocycles. The molecule has 0 spiro atoms. The summed E-state index contributed by atoms with van der Waals surface area (Å²) in [5.74, 6) is 1.12. The van der Waals surface area contributed by atoms with E-state index in [1.807, 2.05) is 60.1 Å². The molecule has 0 aliphatic rings. The van der Waals surface area contributed by atoms with E-state index in [9.17, 15) is 0 Å². The highest BCUT2D eigenvalue weighted by molar-refractivity contribution is 7.71. The molecule has 6 nitrogen and oxygen atoms in total. The fraction of sp³-hybridized carbons (Fsp3) is 0.105. The van der Waals surface area contributed by atoms with Gasteiger partial charge in [0.15, 0.2) is 6.61 Å². The molecule has 0 unspecified atom stereocenters. The maximum absolute atomic E-state index is 5.94. The number of para-hydroxylation sites is 1. The molecule has 0 amide bonds. The Balaban J connectivity index is 1.72. The Morgan fingerprint density at radius 2 is 2.00 bits per heavy atom. The highest BCUT2D eigenvalue weighted by atomic mass is 32.1. The van der Waals surface area contributed by atoms with Gasteiger partial charge in [-0.15, -0.1) is 5.10 Å². The Labute approximate surface area is 155 Å². The summed E-state index contributed by atoms with van der Waals surface area (Å²) in [6.07, 6.45) is 1.78. The van der Waals surface area contributed by atoms with Crippen LogP contribution < -0.4 is 4.74 Å². The van der Waals surface area contributed by atoms with E-state index in [0.717, 1.165) is 28.3 Å². The minimum atomic E-state index is 0.183. The third-order valence-electron chi connectivity index (χ3n) is 3.89. The Kier molecular flexibility index (Phi) is 4.37. The van der Waals surface area contributed by atoms with E-state index in [1.54, 1.807) is 6.20 Å². The van der Waals surface area contributed by atoms with Gasteiger partial charge < -0.3 is 9.15 Å². The largest absolute Gasteiger partial charge is 0.483 e. The molecule has 0 bridgehead atoms. The molecule has 0 saturated carbocycles. The number of H-pyrrole nitrogens is 1. The zero-order valence-corrected chi connectivity index (χ0v) is 14.9. The van der Waals surface area contributed by atoms with Gasteiger partial charge in [0.25, 0.3) is 10.7 Å². The predicted molar refractivity (Wildman–Crippen MR) is 99.8 cm³/mol. The van der Waals surface area contributed by atoms with Crippen LogP contribution in [0.3, 0.4) is 0 Å². The van der Waals surface area contributed by atoms with Crippen molar-refractivity contribution < 1.29 is 9.15 Å². The van der Waals surface area contributed by atoms with E-state index < -0.39 is 0 Å². The highest BCUT2D eigenvalue weighted by Crippen LogP contribution is 2.32. The van der Waals surface area contributed by atoms with Gasteiger partial charge in [-0.2, -0.15) is 5.10 Å². The van der Waals surface area contributed by atoms with Gasteiger partial charge >= 0.3 is 0 Å². The lowest BCUT2D eigenvalue weighted by atomic mass is 10.1. The van der Waals surface area contributed by atoms with Gasteiger partial charge in [-0.1, -0.05) is 29.8 Å². The Morgan fingerprint density at radius 1 is 1.15 bits per heavy atom. The average Bonchev–Trinajstić information content (AvgIpc) is 3.30. The Hall–Kier alpha value is -3.19. The first-order chi connectivity index (χ1) is 12.7. The van der Waals surface area contributed by atoms with Crippen molar-refractivity contribution in [2.75, 3.05) is 0 Å². The van der Waals surface area contributed by atoms with E-state index in [0.29, 0.717) is 5.89 Å². The molecule has 2 aromatic heterocycles. The quantitative estimate of drug-likeness (QED) is 0.529. The van der Waals surface area contributed by atoms with Crippen LogP contribution in [-0.2, 0) is 6.61 Å². The number of benzene rings is 2. The van der Waals surface area contributed by atoms with Gasteiger partial charge in [-0.05, 0) is 49.5 Å². The van der Waals surface area contributed by atoms with Crippen LogP contribution in [0.1, 0.15) is 11.5 Å². The molecular weight excluding hydrogens is 348 g/mol. The molecule has 1 N–H and O–H groups in total. The second-order valence-corrected chi connectivity index (χ2v) is 6.13. The second-order valence-electron chi connectivity index (χ2n) is 5.76. The number of nitrogens with one attached hydrogen (secondary N) is 1. The Bertz CT molecular complexity index is 1080. The molecule has 0 atom stereocenters. The van der Waals surface area contributed by atoms with Crippen LogP contribution in [0.15, 0.2) is 65.2 Å². The molecular formula is C19H16N4O2S. The first kappa shape index (κ1) is 16.3. The minimum Gasteiger partial charge on any atom is -0.483 e. The smallest absolute Gasteiger partial charge is 0.284 e. The number of nitrogens with zero attached hydrogens (tertiary/aromatic N) is 3. The molecule has 0 saturated heterocycles. The lowest BCUT2D eigenvalue weighted by Crippen LogP contribution is -2.02. The summed E-state index contributed by atoms with van der Waals surface area (Å²) < 4.78 is 13.1. The normalized spacial score (nSPS) is 10.8. The number of aromatic amines is 1. The van der Waals surface area contributed by atoms with Gasteiger partial charge in [0.1, 0.15) is 5.75 Å². The fourth-order valence-corrected chi connectivity index (χ4v) is 2.86. The first-order valence-corrected chi connectivity index (χ1v) is 8.49. The van der Waals surface area contributed by atoms with E-state index in [-0.39, 0.29) is 11.4 Å². The summed E-state index contributed by atoms with van der Waals surface area (Å²) in [6, 6.07) is 18.0. The zero-order chi connectivity index (χ0) is 17.9. The summed E-state index contributed by atoms with van der Waals surface area (Å²) in [6.45, 7) is 2.23. The van der Waals surface area contributed by atoms with Crippen molar-refractivity contribution in [3.05, 3.63) is 77.1 Å². The summed E-state index contributed by atoms with van der Waals surface area (Å²) in [4.78, 5) is 0.231. The third kappa shape index (κ3) is 3.29. The number of aryl methyl sites for hydroxylation is 1. The summed E-state index contributed by atoms with van der Waals surface area (Å²) >= 11 is 4.89. The molecule has 130 valence electrons. The molecule has 0 fully saturated rings. The van der Waals surface area contributed by atoms with E-state index in [1.165, 1.54) is 0 Å². The molecule has 26 heavy (non-hydrogen) atoms. The average molecular weight is 364 g/mol. The van der Waals surface area contributed by atoms with Crippen LogP contribution in [0.2, 0.25) is 0 Å². The van der Waals surface area contributed by atoms with Crippen molar-refractivity contribution >= 4 is 12.2 Å². The van der Waals surface area contributed by atoms with Crippen LogP contribution >= 0.6 is 12.2 Å². The summed E-state index contributed by atoms with van der Waals surface area (Å²) in [5.41, 5.74) is 4.00. The van der Waals surface area contributed by atoms with Crippen molar-refractivity contribution in [3.63, 3.8) is 0 Å². The van der Waals surface area contributed by atoms with E-state index >= 15 is 0 Å². The predicted octanol–water partition coefficient (Wildman–Crippen LogP) is 4.47. The zero-order valence-electron chi connectivity index (χ0n) is 14.0. The first-order valence-electron chi connectivity index (χ1n) is 8.08. The molecule has 0 radical (unpaired) electrons. The SMILES string of the molecule is Cc1ccc(OCc2n[nH]c(=S)o2)c(-c2ccnn2-c2ccccc2)c1. The van der Waals surface area contributed by atoms with Crippen LogP contribution in [0.5, 0.6) is 5.75 Å². The number of rotatable bonds is 5. The van der Waals surface area contributed by atoms with Crippen LogP contribution in [0.4, 0.5) is 0 Å². The van der Waals surface area contributed by atoms with Crippen LogP contribution in [0, 0.1) is 11.8 Å². The van der Waals surface area contributed by atoms with Crippen molar-refractivity contribution in [1.29, 1.82) is 0 Å². The van der Waals surface area contributed by atoms with Crippen LogP contribution in [0.25, 0.3) is 16.9 Å². The maximum atomic E-state index is 5.94. The summed E-state index contributed by atoms with van der Waals surface area (Å²) in [7, 11) is 0. The molecule has 2 heterocycles. The summed E-state index contributed by atoms with van der Waals surface area (Å²) in [5, 5.41) is 11.0. The van der Waals surface area contributed by atoms with E-state index in [2.05, 4.69) is 21.4 Å². The van der Waals surface area contributed by atoms with Gasteiger partial charge in [-0.25, -0.2) is 9.78 Å². The monoisotopic (exact) mass is 364 g/mol. The van der Waals surface area contributed by atoms with Crippen molar-refractivity contribution in [3.8, 4) is 22.7 Å². The lowest BCUT2D eigenvalue weighted by molar-refractivity contribution is 0.262. The number of hydrogen-bond acceptors (Lipinski definition) is 5. The number of aromatic nitrogens is 4. The van der Waals surface area contributed by atoms with Gasteiger partial charge in [0.05, 0.1) is 17.6 Å². The standard InChI is InChI=1S/C19H16N4O2S/c1-13-7-8-17(24-12-18-21-22-19(26)25-18)15(11-13)16-9-10-20-23(16)14-5-3-2-4-6-14/h2-11H,12H2,1H3,(H,22,26). The van der Waals surface area contributed by atoms with Crippen LogP contribution in [-0.4, -0.2) is 20.0 Å².